The van der Waals surface area contributed by atoms with Crippen LogP contribution < -0.4 is 15.4 Å². The van der Waals surface area contributed by atoms with Gasteiger partial charge >= 0.3 is 12.2 Å². The number of amides is 2. The lowest BCUT2D eigenvalue weighted by Gasteiger charge is -2.19. The minimum absolute atomic E-state index is 0.0234. The zero-order chi connectivity index (χ0) is 22.4. The molecule has 2 aromatic rings. The molecule has 1 aromatic heterocycles. The highest BCUT2D eigenvalue weighted by molar-refractivity contribution is 5.74. The van der Waals surface area contributed by atoms with Gasteiger partial charge in [0.15, 0.2) is 6.61 Å². The number of ether oxygens (including phenoxy) is 1. The highest BCUT2D eigenvalue weighted by Gasteiger charge is 2.37. The molecule has 1 aliphatic carbocycles. The molecule has 2 amide bonds. The molecule has 1 aromatic carbocycles. The fraction of sp³-hybridized carbons (Fsp3) is 0.455. The molecule has 1 heterocycles. The monoisotopic (exact) mass is 423 g/mol. The van der Waals surface area contributed by atoms with Gasteiger partial charge in [-0.25, -0.2) is 9.78 Å². The largest absolute Gasteiger partial charge is 0.468 e. The van der Waals surface area contributed by atoms with E-state index in [1.54, 1.807) is 6.07 Å². The van der Waals surface area contributed by atoms with Gasteiger partial charge in [0.05, 0.1) is 6.04 Å². The first kappa shape index (κ1) is 23.5. The van der Waals surface area contributed by atoms with Crippen LogP contribution in [0.1, 0.15) is 56.8 Å². The third-order valence-electron chi connectivity index (χ3n) is 4.72. The summed E-state index contributed by atoms with van der Waals surface area (Å²) < 4.78 is 41.3. The van der Waals surface area contributed by atoms with E-state index in [4.69, 9.17) is 0 Å². The van der Waals surface area contributed by atoms with Crippen LogP contribution in [0.3, 0.4) is 0 Å². The molecular weight excluding hydrogens is 395 g/mol. The Kier molecular flexibility index (Phi) is 7.70. The number of aromatic nitrogens is 1. The van der Waals surface area contributed by atoms with Gasteiger partial charge in [0.1, 0.15) is 0 Å². The molecule has 3 rings (SSSR count). The van der Waals surface area contributed by atoms with Crippen molar-refractivity contribution in [2.45, 2.75) is 58.3 Å². The third-order valence-corrected chi connectivity index (χ3v) is 4.72. The second-order valence-corrected chi connectivity index (χ2v) is 7.46. The number of alkyl halides is 3. The number of rotatable bonds is 5. The fourth-order valence-electron chi connectivity index (χ4n) is 3.46. The topological polar surface area (TPSA) is 63.2 Å². The lowest BCUT2D eigenvalue weighted by Crippen LogP contribution is -2.37. The van der Waals surface area contributed by atoms with Gasteiger partial charge < -0.3 is 15.4 Å². The first-order valence-corrected chi connectivity index (χ1v) is 9.92. The lowest BCUT2D eigenvalue weighted by atomic mass is 9.86. The maximum Gasteiger partial charge on any atom is 0.422 e. The van der Waals surface area contributed by atoms with Crippen molar-refractivity contribution in [3.8, 4) is 5.88 Å². The second-order valence-electron chi connectivity index (χ2n) is 7.46. The number of carbonyl (C=O) groups excluding carboxylic acids is 1. The number of pyridine rings is 1. The van der Waals surface area contributed by atoms with Crippen LogP contribution in [0.25, 0.3) is 0 Å². The number of carbonyl (C=O) groups is 1. The molecule has 0 aliphatic heterocycles. The Labute approximate surface area is 175 Å². The lowest BCUT2D eigenvalue weighted by molar-refractivity contribution is -0.154. The quantitative estimate of drug-likeness (QED) is 0.689. The highest BCUT2D eigenvalue weighted by atomic mass is 19.4. The summed E-state index contributed by atoms with van der Waals surface area (Å²) in [6, 6.07) is 10.6. The van der Waals surface area contributed by atoms with Crippen LogP contribution in [0, 0.1) is 0 Å². The molecule has 0 bridgehead atoms. The Morgan fingerprint density at radius 2 is 1.93 bits per heavy atom. The van der Waals surface area contributed by atoms with Gasteiger partial charge in [-0.05, 0) is 34.6 Å². The molecule has 0 saturated carbocycles. The van der Waals surface area contributed by atoms with Crippen LogP contribution in [0.5, 0.6) is 5.88 Å². The van der Waals surface area contributed by atoms with Crippen molar-refractivity contribution in [2.24, 2.45) is 0 Å². The third kappa shape index (κ3) is 6.37. The number of hydrogen-bond donors (Lipinski definition) is 2. The number of nitrogens with zero attached hydrogens (tertiary/aromatic N) is 1. The summed E-state index contributed by atoms with van der Waals surface area (Å²) in [4.78, 5) is 16.1. The van der Waals surface area contributed by atoms with Crippen molar-refractivity contribution in [2.75, 3.05) is 6.61 Å². The minimum atomic E-state index is -4.43. The van der Waals surface area contributed by atoms with Crippen molar-refractivity contribution in [1.29, 1.82) is 0 Å². The van der Waals surface area contributed by atoms with E-state index in [1.165, 1.54) is 17.8 Å². The van der Waals surface area contributed by atoms with Crippen LogP contribution in [0.2, 0.25) is 0 Å². The summed E-state index contributed by atoms with van der Waals surface area (Å²) in [5.41, 5.74) is 2.90. The van der Waals surface area contributed by atoms with Crippen molar-refractivity contribution < 1.29 is 22.7 Å². The van der Waals surface area contributed by atoms with Crippen LogP contribution in [-0.4, -0.2) is 23.8 Å². The average Bonchev–Trinajstić information content (AvgIpc) is 2.96. The summed E-state index contributed by atoms with van der Waals surface area (Å²) in [6.45, 7) is 7.03. The molecule has 1 atom stereocenters. The van der Waals surface area contributed by atoms with Crippen LogP contribution in [0.4, 0.5) is 18.0 Å². The van der Waals surface area contributed by atoms with Gasteiger partial charge in [0, 0.05) is 18.8 Å². The smallest absolute Gasteiger partial charge is 0.422 e. The van der Waals surface area contributed by atoms with E-state index < -0.39 is 12.8 Å². The van der Waals surface area contributed by atoms with E-state index >= 15 is 0 Å². The summed E-state index contributed by atoms with van der Waals surface area (Å²) in [5, 5.41) is 5.70. The molecule has 0 spiro atoms. The number of urea groups is 1. The summed E-state index contributed by atoms with van der Waals surface area (Å²) in [5.74, 6) is -0.136. The Morgan fingerprint density at radius 1 is 1.23 bits per heavy atom. The molecule has 1 unspecified atom stereocenters. The van der Waals surface area contributed by atoms with Crippen LogP contribution in [-0.2, 0) is 12.0 Å². The Hall–Kier alpha value is -2.77. The van der Waals surface area contributed by atoms with Crippen molar-refractivity contribution in [3.05, 3.63) is 59.3 Å². The van der Waals surface area contributed by atoms with E-state index in [0.717, 1.165) is 12.0 Å². The molecule has 0 fully saturated rings. The van der Waals surface area contributed by atoms with E-state index in [-0.39, 0.29) is 29.9 Å². The number of hydrogen-bond acceptors (Lipinski definition) is 3. The van der Waals surface area contributed by atoms with E-state index in [1.807, 2.05) is 32.0 Å². The SMILES string of the molecule is CC.CC1(C)CC(NC(=O)NCc2ccnc(OCC(F)(F)F)c2)c2ccccc21. The van der Waals surface area contributed by atoms with Gasteiger partial charge in [-0.3, -0.25) is 0 Å². The van der Waals surface area contributed by atoms with Gasteiger partial charge in [-0.1, -0.05) is 52.0 Å². The Bertz CT molecular complexity index is 854. The number of fused-ring (bicyclic) bond motifs is 1. The van der Waals surface area contributed by atoms with Gasteiger partial charge in [-0.2, -0.15) is 13.2 Å². The normalized spacial score (nSPS) is 16.7. The fourth-order valence-corrected chi connectivity index (χ4v) is 3.46. The molecule has 8 heteroatoms. The van der Waals surface area contributed by atoms with Crippen LogP contribution in [0.15, 0.2) is 42.6 Å². The molecule has 0 saturated heterocycles. The predicted octanol–water partition coefficient (Wildman–Crippen LogP) is 5.27. The Morgan fingerprint density at radius 3 is 2.63 bits per heavy atom. The average molecular weight is 423 g/mol. The zero-order valence-corrected chi connectivity index (χ0v) is 17.6. The summed E-state index contributed by atoms with van der Waals surface area (Å²) >= 11 is 0. The molecular formula is C22H28F3N3O2. The summed E-state index contributed by atoms with van der Waals surface area (Å²) in [6.07, 6.45) is -2.29. The number of benzene rings is 1. The first-order chi connectivity index (χ1) is 14.1. The molecule has 164 valence electrons. The minimum Gasteiger partial charge on any atom is -0.468 e. The standard InChI is InChI=1S/C20H22F3N3O2.C2H6/c1-19(2)10-16(14-5-3-4-6-15(14)19)26-18(27)25-11-13-7-8-24-17(9-13)28-12-20(21,22)23;1-2/h3-9,16H,10-12H2,1-2H3,(H2,25,26,27);1-2H3. The second kappa shape index (κ2) is 9.82. The zero-order valence-electron chi connectivity index (χ0n) is 17.6. The van der Waals surface area contributed by atoms with Gasteiger partial charge in [0.25, 0.3) is 0 Å². The molecule has 2 N–H and O–H groups in total. The predicted molar refractivity (Wildman–Crippen MR) is 109 cm³/mol. The molecule has 1 aliphatic rings. The Balaban J connectivity index is 0.00000155. The van der Waals surface area contributed by atoms with Crippen molar-refractivity contribution in [1.82, 2.24) is 15.6 Å². The molecule has 30 heavy (non-hydrogen) atoms. The number of nitrogens with one attached hydrogen (secondary N) is 2. The van der Waals surface area contributed by atoms with Crippen LogP contribution >= 0.6 is 0 Å². The molecule has 5 nitrogen and oxygen atoms in total. The summed E-state index contributed by atoms with van der Waals surface area (Å²) in [7, 11) is 0. The van der Waals surface area contributed by atoms with Gasteiger partial charge in [0.2, 0.25) is 5.88 Å². The van der Waals surface area contributed by atoms with E-state index in [0.29, 0.717) is 5.56 Å². The van der Waals surface area contributed by atoms with E-state index in [9.17, 15) is 18.0 Å². The van der Waals surface area contributed by atoms with Crippen molar-refractivity contribution in [3.63, 3.8) is 0 Å². The molecule has 0 radical (unpaired) electrons. The van der Waals surface area contributed by atoms with Crippen molar-refractivity contribution >= 4 is 6.03 Å². The number of halogens is 3. The highest BCUT2D eigenvalue weighted by Crippen LogP contribution is 2.44. The van der Waals surface area contributed by atoms with E-state index in [2.05, 4.69) is 40.3 Å². The van der Waals surface area contributed by atoms with Gasteiger partial charge in [-0.15, -0.1) is 0 Å². The maximum atomic E-state index is 12.3. The maximum absolute atomic E-state index is 12.3. The first-order valence-electron chi connectivity index (χ1n) is 9.92.